The van der Waals surface area contributed by atoms with E-state index in [0.29, 0.717) is 12.3 Å². The molecule has 11 aromatic carbocycles. The highest BCUT2D eigenvalue weighted by Gasteiger charge is 2.58. The van der Waals surface area contributed by atoms with E-state index >= 15 is 0 Å². The summed E-state index contributed by atoms with van der Waals surface area (Å²) in [6.07, 6.45) is 9.40. The van der Waals surface area contributed by atoms with E-state index in [-0.39, 0.29) is 69.6 Å². The quantitative estimate of drug-likeness (QED) is 0.0259. The molecule has 11 heteroatoms. The Hall–Kier alpha value is -10.1. The molecule has 4 saturated heterocycles. The normalized spacial score (nSPS) is 22.9. The average Bonchev–Trinajstić information content (AvgIpc) is 0.749. The number of alkyl halides is 3. The van der Waals surface area contributed by atoms with E-state index in [1.54, 1.807) is 6.08 Å². The molecule has 0 aromatic heterocycles. The van der Waals surface area contributed by atoms with Crippen molar-refractivity contribution in [1.82, 2.24) is 0 Å². The van der Waals surface area contributed by atoms with Crippen molar-refractivity contribution >= 4 is 64.8 Å². The van der Waals surface area contributed by atoms with Gasteiger partial charge in [-0.25, -0.2) is 0 Å². The van der Waals surface area contributed by atoms with Crippen LogP contribution in [-0.4, -0.2) is 23.9 Å². The first-order chi connectivity index (χ1) is 54.1. The predicted octanol–water partition coefficient (Wildman–Crippen LogP) is 24.5. The summed E-state index contributed by atoms with van der Waals surface area (Å²) < 4.78 is 22.9. The minimum atomic E-state index is -0.750. The molecule has 15 rings (SSSR count). The Kier molecular flexibility index (Phi) is 23.9. The van der Waals surface area contributed by atoms with Crippen LogP contribution in [-0.2, 0) is 86.2 Å². The molecule has 112 heavy (non-hydrogen) atoms. The van der Waals surface area contributed by atoms with Crippen molar-refractivity contribution in [2.75, 3.05) is 0 Å². The maximum Gasteiger partial charge on any atom is 0.318 e. The number of carbonyl (C=O) groups excluding carboxylic acids is 4. The van der Waals surface area contributed by atoms with Crippen molar-refractivity contribution < 1.29 is 38.1 Å². The van der Waals surface area contributed by atoms with Crippen LogP contribution in [0.15, 0.2) is 298 Å². The molecule has 0 N–H and O–H groups in total. The van der Waals surface area contributed by atoms with Gasteiger partial charge < -0.3 is 18.9 Å². The summed E-state index contributed by atoms with van der Waals surface area (Å²) in [5.74, 6) is -1.36. The molecular weight excluding hydrogens is 1450 g/mol. The largest absolute Gasteiger partial charge is 0.453 e. The van der Waals surface area contributed by atoms with Crippen molar-refractivity contribution in [3.8, 4) is 0 Å². The molecule has 0 amide bonds. The molecular formula is C101H97Cl3O8. The summed E-state index contributed by atoms with van der Waals surface area (Å²) >= 11 is 22.0. The molecule has 13 atom stereocenters. The zero-order chi connectivity index (χ0) is 78.3. The number of hydrogen-bond acceptors (Lipinski definition) is 8. The van der Waals surface area contributed by atoms with Crippen molar-refractivity contribution in [2.45, 2.75) is 173 Å². The second kappa shape index (κ2) is 34.1. The maximum atomic E-state index is 13.2. The first-order valence-electron chi connectivity index (χ1n) is 39.4. The van der Waals surface area contributed by atoms with Gasteiger partial charge in [-0.3, -0.25) is 19.2 Å². The fourth-order valence-electron chi connectivity index (χ4n) is 17.3. The zero-order valence-electron chi connectivity index (χ0n) is 64.5. The molecule has 11 aromatic rings. The molecule has 4 aliphatic rings. The Morgan fingerprint density at radius 2 is 0.589 bits per heavy atom. The number of rotatable bonds is 29. The molecule has 0 bridgehead atoms. The van der Waals surface area contributed by atoms with Crippen LogP contribution in [0, 0.1) is 5.92 Å². The summed E-state index contributed by atoms with van der Waals surface area (Å²) in [7, 11) is 0. The highest BCUT2D eigenvalue weighted by Crippen LogP contribution is 2.54. The average molecular weight is 1550 g/mol. The van der Waals surface area contributed by atoms with Crippen LogP contribution >= 0.6 is 34.8 Å². The minimum absolute atomic E-state index is 0.0914. The summed E-state index contributed by atoms with van der Waals surface area (Å²) in [6, 6.07) is 99.8. The van der Waals surface area contributed by atoms with Gasteiger partial charge in [0.15, 0.2) is 22.4 Å². The highest BCUT2D eigenvalue weighted by molar-refractivity contribution is 6.21. The lowest BCUT2D eigenvalue weighted by atomic mass is 9.74. The maximum absolute atomic E-state index is 13.2. The van der Waals surface area contributed by atoms with Gasteiger partial charge in [0, 0.05) is 0 Å². The van der Waals surface area contributed by atoms with Crippen LogP contribution in [0.25, 0.3) is 6.08 Å². The van der Waals surface area contributed by atoms with Gasteiger partial charge in [0.05, 0.1) is 16.1 Å². The van der Waals surface area contributed by atoms with Gasteiger partial charge in [0.1, 0.15) is 23.7 Å². The summed E-state index contributed by atoms with van der Waals surface area (Å²) in [6.45, 7) is 16.2. The Bertz CT molecular complexity index is 5040. The SMILES string of the molecule is C=Cc1ccc(C2C(=O)OC2(C)c2ccccc2)cc1.CC(C)Cc1ccc(CCC(CC(CC(Cl)c2ccc(C3C(=O)OC3(C)c3ccccc3)cc2)c2ccc(CCC(Cl)c3ccc(C4C(=O)OC4(C)c4ccccc4)cc3)cc2)c2ccc(CCC(Cl)c3ccc(C4C(=O)OC4(C)c4ccccc4)cc3)cc2)cc1. The second-order valence-corrected chi connectivity index (χ2v) is 33.5. The smallest absolute Gasteiger partial charge is 0.318 e. The third-order valence-electron chi connectivity index (χ3n) is 24.0. The van der Waals surface area contributed by atoms with Crippen molar-refractivity contribution in [3.63, 3.8) is 0 Å². The molecule has 0 radical (unpaired) electrons. The van der Waals surface area contributed by atoms with Crippen molar-refractivity contribution in [2.24, 2.45) is 5.92 Å². The van der Waals surface area contributed by atoms with Crippen LogP contribution in [0.5, 0.6) is 0 Å². The van der Waals surface area contributed by atoms with Gasteiger partial charge in [-0.2, -0.15) is 0 Å². The fraction of sp³-hybridized carbons (Fsp3) is 0.287. The van der Waals surface area contributed by atoms with E-state index < -0.39 is 28.3 Å². The van der Waals surface area contributed by atoms with E-state index in [2.05, 4.69) is 142 Å². The highest BCUT2D eigenvalue weighted by atomic mass is 35.5. The molecule has 0 spiro atoms. The van der Waals surface area contributed by atoms with E-state index in [4.69, 9.17) is 53.8 Å². The van der Waals surface area contributed by atoms with Gasteiger partial charge in [-0.05, 0) is 203 Å². The van der Waals surface area contributed by atoms with Crippen molar-refractivity contribution in [1.29, 1.82) is 0 Å². The number of hydrogen-bond donors (Lipinski definition) is 0. The van der Waals surface area contributed by atoms with Crippen LogP contribution < -0.4 is 0 Å². The van der Waals surface area contributed by atoms with Crippen molar-refractivity contribution in [3.05, 3.63) is 398 Å². The third-order valence-corrected chi connectivity index (χ3v) is 25.3. The number of carbonyl (C=O) groups is 4. The monoisotopic (exact) mass is 1540 g/mol. The number of esters is 4. The third kappa shape index (κ3) is 16.8. The van der Waals surface area contributed by atoms with Gasteiger partial charge >= 0.3 is 23.9 Å². The zero-order valence-corrected chi connectivity index (χ0v) is 66.8. The van der Waals surface area contributed by atoms with Gasteiger partial charge in [-0.1, -0.05) is 318 Å². The lowest BCUT2D eigenvalue weighted by Crippen LogP contribution is -2.51. The van der Waals surface area contributed by atoms with Crippen LogP contribution in [0.4, 0.5) is 0 Å². The summed E-state index contributed by atoms with van der Waals surface area (Å²) in [5.41, 5.74) is 16.7. The predicted molar refractivity (Wildman–Crippen MR) is 450 cm³/mol. The summed E-state index contributed by atoms with van der Waals surface area (Å²) in [4.78, 5) is 50.9. The van der Waals surface area contributed by atoms with Gasteiger partial charge in [0.2, 0.25) is 0 Å². The van der Waals surface area contributed by atoms with Crippen LogP contribution in [0.3, 0.4) is 0 Å². The number of ether oxygens (including phenoxy) is 4. The molecule has 0 saturated carbocycles. The molecule has 0 aliphatic carbocycles. The first-order valence-corrected chi connectivity index (χ1v) is 40.7. The Morgan fingerprint density at radius 1 is 0.321 bits per heavy atom. The topological polar surface area (TPSA) is 105 Å². The Balaban J connectivity index is 0.000000449. The van der Waals surface area contributed by atoms with Gasteiger partial charge in [0.25, 0.3) is 0 Å². The standard InChI is InChI=1S/C83H81Cl3O6.C18H16O2/c1-54(2)51-58-23-21-55(22-24-58)29-36-67(59-32-25-56(26-33-59)30-49-72(84)61-37-43-64(44-38-61)75-78(87)90-81(75,3)69-15-9-6-10-16-69)52-68(53-74(86)63-41-47-66(48-42-63)77-80(89)92-83(77,5)71-19-13-8-14-20-71)60-34-27-57(28-35-60)31-50-73(85)62-39-45-65(46-40-62)76-79(88)91-82(76,4)70-17-11-7-12-18-70;1-3-13-9-11-14(12-10-13)16-17(19)20-18(16,2)15-7-5-4-6-8-15/h6-28,32-35,37-48,54,67-68,72-77H,29-31,36,49-53H2,1-5H3;3-12,16H,1H2,2H3. The second-order valence-electron chi connectivity index (χ2n) is 32.0. The number of halogens is 3. The summed E-state index contributed by atoms with van der Waals surface area (Å²) in [5, 5.41) is -0.738. The number of cyclic esters (lactones) is 4. The first kappa shape index (κ1) is 78.6. The van der Waals surface area contributed by atoms with Crippen LogP contribution in [0.1, 0.15) is 225 Å². The van der Waals surface area contributed by atoms with Crippen LogP contribution in [0.2, 0.25) is 0 Å². The lowest BCUT2D eigenvalue weighted by Gasteiger charge is -2.45. The molecule has 13 unspecified atom stereocenters. The number of benzene rings is 11. The van der Waals surface area contributed by atoms with E-state index in [1.807, 2.05) is 198 Å². The van der Waals surface area contributed by atoms with E-state index in [9.17, 15) is 19.2 Å². The molecule has 8 nitrogen and oxygen atoms in total. The Labute approximate surface area is 675 Å². The van der Waals surface area contributed by atoms with Gasteiger partial charge in [-0.15, -0.1) is 34.8 Å². The molecule has 4 fully saturated rings. The van der Waals surface area contributed by atoms with E-state index in [0.717, 1.165) is 118 Å². The molecule has 4 heterocycles. The number of aryl methyl sites for hydroxylation is 3. The molecule has 4 aliphatic heterocycles. The lowest BCUT2D eigenvalue weighted by molar-refractivity contribution is -0.199. The minimum Gasteiger partial charge on any atom is -0.453 e. The van der Waals surface area contributed by atoms with E-state index in [1.165, 1.54) is 33.4 Å². The fourth-order valence-corrected chi connectivity index (χ4v) is 18.2. The Morgan fingerprint density at radius 3 is 0.893 bits per heavy atom. The molecule has 570 valence electrons.